The highest BCUT2D eigenvalue weighted by Crippen LogP contribution is 2.14. The van der Waals surface area contributed by atoms with Crippen LogP contribution in [0.5, 0.6) is 0 Å². The molecule has 1 aliphatic heterocycles. The maximum Gasteiger partial charge on any atom is 0.191 e. The number of nitrogens with one attached hydrogen (secondary N) is 2. The van der Waals surface area contributed by atoms with Crippen molar-refractivity contribution in [1.29, 1.82) is 0 Å². The maximum absolute atomic E-state index is 4.78. The first-order valence-electron chi connectivity index (χ1n) is 11.1. The van der Waals surface area contributed by atoms with Crippen molar-refractivity contribution in [2.75, 3.05) is 26.2 Å². The standard InChI is InChI=1S/C23H36N6.HI/c1-2-24-23(25-12-8-16-29-17-9-13-27-29)26-19-21-10-7-11-22(18-21)20-28-14-5-3-4-6-15-28;/h7,9-11,13,17-18H,2-6,8,12,14-16,19-20H2,1H3,(H2,24,25,26);1H. The Hall–Kier alpha value is -1.61. The number of nitrogens with zero attached hydrogens (tertiary/aromatic N) is 4. The summed E-state index contributed by atoms with van der Waals surface area (Å²) in [5.74, 6) is 0.880. The van der Waals surface area contributed by atoms with Gasteiger partial charge in [0.15, 0.2) is 5.96 Å². The molecule has 30 heavy (non-hydrogen) atoms. The molecule has 1 aromatic carbocycles. The van der Waals surface area contributed by atoms with E-state index in [-0.39, 0.29) is 24.0 Å². The molecule has 2 N–H and O–H groups in total. The Morgan fingerprint density at radius 2 is 1.87 bits per heavy atom. The quantitative estimate of drug-likeness (QED) is 0.225. The Kier molecular flexibility index (Phi) is 11.8. The molecule has 1 saturated heterocycles. The van der Waals surface area contributed by atoms with E-state index >= 15 is 0 Å². The number of rotatable bonds is 9. The van der Waals surface area contributed by atoms with Crippen LogP contribution in [0.1, 0.15) is 50.2 Å². The highest BCUT2D eigenvalue weighted by molar-refractivity contribution is 14.0. The molecule has 0 aliphatic carbocycles. The summed E-state index contributed by atoms with van der Waals surface area (Å²) < 4.78 is 1.96. The normalized spacial score (nSPS) is 15.3. The Morgan fingerprint density at radius 3 is 2.60 bits per heavy atom. The zero-order valence-electron chi connectivity index (χ0n) is 18.2. The van der Waals surface area contributed by atoms with Crippen LogP contribution in [0.3, 0.4) is 0 Å². The third kappa shape index (κ3) is 9.04. The topological polar surface area (TPSA) is 57.5 Å². The zero-order chi connectivity index (χ0) is 20.2. The Morgan fingerprint density at radius 1 is 1.07 bits per heavy atom. The third-order valence-electron chi connectivity index (χ3n) is 5.28. The molecular weight excluding hydrogens is 487 g/mol. The van der Waals surface area contributed by atoms with Crippen LogP contribution < -0.4 is 10.6 Å². The van der Waals surface area contributed by atoms with Crippen LogP contribution in [0.4, 0.5) is 0 Å². The summed E-state index contributed by atoms with van der Waals surface area (Å²) in [4.78, 5) is 7.38. The first-order valence-corrected chi connectivity index (χ1v) is 11.1. The lowest BCUT2D eigenvalue weighted by Gasteiger charge is -2.20. The van der Waals surface area contributed by atoms with Gasteiger partial charge >= 0.3 is 0 Å². The van der Waals surface area contributed by atoms with Crippen molar-refractivity contribution in [3.8, 4) is 0 Å². The van der Waals surface area contributed by atoms with E-state index in [1.807, 2.05) is 23.1 Å². The van der Waals surface area contributed by atoms with Crippen LogP contribution in [0.2, 0.25) is 0 Å². The lowest BCUT2D eigenvalue weighted by atomic mass is 10.1. The van der Waals surface area contributed by atoms with Gasteiger partial charge in [0.1, 0.15) is 0 Å². The summed E-state index contributed by atoms with van der Waals surface area (Å²) in [6.07, 6.45) is 10.3. The van der Waals surface area contributed by atoms with E-state index in [1.165, 1.54) is 49.9 Å². The predicted molar refractivity (Wildman–Crippen MR) is 135 cm³/mol. The first kappa shape index (κ1) is 24.7. The molecule has 6 nitrogen and oxygen atoms in total. The average molecular weight is 524 g/mol. The number of hydrogen-bond acceptors (Lipinski definition) is 3. The fraction of sp³-hybridized carbons (Fsp3) is 0.565. The van der Waals surface area contributed by atoms with E-state index < -0.39 is 0 Å². The van der Waals surface area contributed by atoms with Crippen molar-refractivity contribution >= 4 is 29.9 Å². The minimum absolute atomic E-state index is 0. The monoisotopic (exact) mass is 524 g/mol. The van der Waals surface area contributed by atoms with Crippen molar-refractivity contribution in [3.05, 3.63) is 53.9 Å². The van der Waals surface area contributed by atoms with E-state index in [0.29, 0.717) is 6.54 Å². The third-order valence-corrected chi connectivity index (χ3v) is 5.28. The average Bonchev–Trinajstić information content (AvgIpc) is 3.13. The van der Waals surface area contributed by atoms with Gasteiger partial charge in [0.25, 0.3) is 0 Å². The van der Waals surface area contributed by atoms with Crippen molar-refractivity contribution in [1.82, 2.24) is 25.3 Å². The van der Waals surface area contributed by atoms with Gasteiger partial charge in [-0.25, -0.2) is 4.99 Å². The zero-order valence-corrected chi connectivity index (χ0v) is 20.6. The summed E-state index contributed by atoms with van der Waals surface area (Å²) in [5.41, 5.74) is 2.67. The molecule has 0 radical (unpaired) electrons. The van der Waals surface area contributed by atoms with Crippen molar-refractivity contribution in [3.63, 3.8) is 0 Å². The Labute approximate surface area is 198 Å². The van der Waals surface area contributed by atoms with E-state index in [9.17, 15) is 0 Å². The number of guanidine groups is 1. The predicted octanol–water partition coefficient (Wildman–Crippen LogP) is 4.02. The molecule has 2 heterocycles. The molecule has 0 spiro atoms. The van der Waals surface area contributed by atoms with Gasteiger partial charge in [-0.2, -0.15) is 5.10 Å². The molecule has 0 atom stereocenters. The van der Waals surface area contributed by atoms with Crippen LogP contribution in [-0.4, -0.2) is 46.8 Å². The van der Waals surface area contributed by atoms with Gasteiger partial charge in [-0.1, -0.05) is 37.1 Å². The lowest BCUT2D eigenvalue weighted by molar-refractivity contribution is 0.277. The fourth-order valence-corrected chi connectivity index (χ4v) is 3.77. The number of aromatic nitrogens is 2. The second kappa shape index (κ2) is 14.4. The summed E-state index contributed by atoms with van der Waals surface area (Å²) in [6.45, 7) is 8.97. The van der Waals surface area contributed by atoms with E-state index in [4.69, 9.17) is 4.99 Å². The summed E-state index contributed by atoms with van der Waals surface area (Å²) >= 11 is 0. The Balaban J connectivity index is 0.00000320. The number of halogens is 1. The van der Waals surface area contributed by atoms with Crippen molar-refractivity contribution in [2.24, 2.45) is 4.99 Å². The van der Waals surface area contributed by atoms with Crippen LogP contribution in [-0.2, 0) is 19.6 Å². The number of aliphatic imine (C=N–C) groups is 1. The van der Waals surface area contributed by atoms with Gasteiger partial charge in [-0.05, 0) is 56.5 Å². The van der Waals surface area contributed by atoms with E-state index in [0.717, 1.165) is 38.6 Å². The number of benzene rings is 1. The summed E-state index contributed by atoms with van der Waals surface area (Å²) in [6, 6.07) is 10.9. The SMILES string of the molecule is CCNC(=NCc1cccc(CN2CCCCCC2)c1)NCCCn1cccn1.I. The fourth-order valence-electron chi connectivity index (χ4n) is 3.77. The largest absolute Gasteiger partial charge is 0.357 e. The van der Waals surface area contributed by atoms with Crippen LogP contribution >= 0.6 is 24.0 Å². The molecule has 3 rings (SSSR count). The van der Waals surface area contributed by atoms with Gasteiger partial charge in [0, 0.05) is 38.6 Å². The van der Waals surface area contributed by atoms with Gasteiger partial charge in [-0.15, -0.1) is 24.0 Å². The summed E-state index contributed by atoms with van der Waals surface area (Å²) in [7, 11) is 0. The molecule has 2 aromatic rings. The molecule has 7 heteroatoms. The number of hydrogen-bond donors (Lipinski definition) is 2. The maximum atomic E-state index is 4.78. The molecule has 0 unspecified atom stereocenters. The lowest BCUT2D eigenvalue weighted by Crippen LogP contribution is -2.38. The van der Waals surface area contributed by atoms with Crippen LogP contribution in [0, 0.1) is 0 Å². The smallest absolute Gasteiger partial charge is 0.191 e. The van der Waals surface area contributed by atoms with Gasteiger partial charge in [0.2, 0.25) is 0 Å². The van der Waals surface area contributed by atoms with E-state index in [2.05, 4.69) is 51.8 Å². The molecule has 166 valence electrons. The van der Waals surface area contributed by atoms with E-state index in [1.54, 1.807) is 0 Å². The van der Waals surface area contributed by atoms with Crippen LogP contribution in [0.15, 0.2) is 47.7 Å². The minimum atomic E-state index is 0. The first-order chi connectivity index (χ1) is 14.3. The van der Waals surface area contributed by atoms with Gasteiger partial charge < -0.3 is 10.6 Å². The molecule has 0 amide bonds. The number of likely N-dealkylation sites (tertiary alicyclic amines) is 1. The van der Waals surface area contributed by atoms with Crippen molar-refractivity contribution in [2.45, 2.75) is 58.7 Å². The van der Waals surface area contributed by atoms with Crippen LogP contribution in [0.25, 0.3) is 0 Å². The molecular formula is C23H37IN6. The molecule has 0 saturated carbocycles. The minimum Gasteiger partial charge on any atom is -0.357 e. The highest BCUT2D eigenvalue weighted by atomic mass is 127. The molecule has 0 bridgehead atoms. The number of aryl methyl sites for hydroxylation is 1. The Bertz CT molecular complexity index is 723. The second-order valence-electron chi connectivity index (χ2n) is 7.75. The van der Waals surface area contributed by atoms with Gasteiger partial charge in [-0.3, -0.25) is 9.58 Å². The molecule has 1 aliphatic rings. The summed E-state index contributed by atoms with van der Waals surface area (Å²) in [5, 5.41) is 11.0. The molecule has 1 fully saturated rings. The highest BCUT2D eigenvalue weighted by Gasteiger charge is 2.09. The van der Waals surface area contributed by atoms with Gasteiger partial charge in [0.05, 0.1) is 6.54 Å². The second-order valence-corrected chi connectivity index (χ2v) is 7.75. The molecule has 1 aromatic heterocycles. The van der Waals surface area contributed by atoms with Crippen molar-refractivity contribution < 1.29 is 0 Å².